The first-order chi connectivity index (χ1) is 16.8. The molecule has 2 aliphatic heterocycles. The van der Waals surface area contributed by atoms with Gasteiger partial charge in [-0.3, -0.25) is 14.9 Å². The highest BCUT2D eigenvalue weighted by Gasteiger charge is 2.50. The van der Waals surface area contributed by atoms with Gasteiger partial charge in [0.2, 0.25) is 5.91 Å². The average Bonchev–Trinajstić information content (AvgIpc) is 3.25. The van der Waals surface area contributed by atoms with Gasteiger partial charge in [0, 0.05) is 20.1 Å². The van der Waals surface area contributed by atoms with Crippen LogP contribution in [0.25, 0.3) is 0 Å². The van der Waals surface area contributed by atoms with Crippen molar-refractivity contribution in [2.45, 2.75) is 63.7 Å². The van der Waals surface area contributed by atoms with Crippen molar-refractivity contribution in [3.8, 4) is 0 Å². The first kappa shape index (κ1) is 26.5. The monoisotopic (exact) mass is 488 g/mol. The summed E-state index contributed by atoms with van der Waals surface area (Å²) in [6, 6.07) is 6.60. The van der Waals surface area contributed by atoms with Gasteiger partial charge in [-0.2, -0.15) is 0 Å². The molecule has 1 aromatic carbocycles. The molecule has 10 heteroatoms. The zero-order chi connectivity index (χ0) is 25.5. The number of carbonyl (C=O) groups is 4. The maximum absolute atomic E-state index is 13.6. The van der Waals surface area contributed by atoms with Gasteiger partial charge in [0.05, 0.1) is 18.7 Å². The first-order valence-electron chi connectivity index (χ1n) is 12.2. The molecule has 0 aromatic heterocycles. The van der Waals surface area contributed by atoms with E-state index in [0.29, 0.717) is 32.2 Å². The third-order valence-electron chi connectivity index (χ3n) is 6.94. The molecule has 2 fully saturated rings. The minimum atomic E-state index is -1.06. The van der Waals surface area contributed by atoms with Crippen LogP contribution in [0.15, 0.2) is 30.3 Å². The van der Waals surface area contributed by atoms with Gasteiger partial charge in [0.1, 0.15) is 12.1 Å². The van der Waals surface area contributed by atoms with Crippen LogP contribution in [-0.4, -0.2) is 89.7 Å². The third kappa shape index (κ3) is 6.30. The Hall–Kier alpha value is -3.14. The Labute approximate surface area is 206 Å². The number of fused-ring (bicyclic) bond motifs is 1. The van der Waals surface area contributed by atoms with Gasteiger partial charge in [-0.1, -0.05) is 30.3 Å². The number of nitrogens with one attached hydrogen (secondary N) is 2. The number of carboxylic acids is 1. The SMILES string of the molecule is CCOC(=O)C(CCc1ccccc1)N[C@@H](C)C(=O)N1C(C(=O)O)CC2CCN(C(=O)NC)CC21. The summed E-state index contributed by atoms with van der Waals surface area (Å²) in [5, 5.41) is 15.5. The molecule has 0 spiro atoms. The van der Waals surface area contributed by atoms with Crippen molar-refractivity contribution in [2.75, 3.05) is 26.7 Å². The number of hydrogen-bond donors (Lipinski definition) is 3. The zero-order valence-corrected chi connectivity index (χ0v) is 20.6. The molecule has 2 heterocycles. The molecule has 0 radical (unpaired) electrons. The van der Waals surface area contributed by atoms with Crippen LogP contribution in [0, 0.1) is 5.92 Å². The summed E-state index contributed by atoms with van der Waals surface area (Å²) in [4.78, 5) is 53.5. The van der Waals surface area contributed by atoms with Gasteiger partial charge >= 0.3 is 18.0 Å². The van der Waals surface area contributed by atoms with Crippen molar-refractivity contribution >= 4 is 23.9 Å². The molecular formula is C25H36N4O6. The molecule has 2 saturated heterocycles. The lowest BCUT2D eigenvalue weighted by Crippen LogP contribution is -2.59. The van der Waals surface area contributed by atoms with Gasteiger partial charge in [-0.15, -0.1) is 0 Å². The lowest BCUT2D eigenvalue weighted by molar-refractivity contribution is -0.152. The molecule has 5 atom stereocenters. The van der Waals surface area contributed by atoms with Crippen molar-refractivity contribution in [3.63, 3.8) is 0 Å². The van der Waals surface area contributed by atoms with Crippen LogP contribution in [0.4, 0.5) is 4.79 Å². The van der Waals surface area contributed by atoms with E-state index in [1.54, 1.807) is 25.8 Å². The fourth-order valence-electron chi connectivity index (χ4n) is 5.15. The van der Waals surface area contributed by atoms with E-state index in [0.717, 1.165) is 5.56 Å². The number of amides is 3. The Morgan fingerprint density at radius 2 is 1.91 bits per heavy atom. The van der Waals surface area contributed by atoms with Gasteiger partial charge < -0.3 is 25.0 Å². The van der Waals surface area contributed by atoms with E-state index < -0.39 is 36.0 Å². The summed E-state index contributed by atoms with van der Waals surface area (Å²) in [7, 11) is 1.54. The molecule has 3 N–H and O–H groups in total. The van der Waals surface area contributed by atoms with Crippen LogP contribution in [-0.2, 0) is 25.5 Å². The maximum atomic E-state index is 13.6. The first-order valence-corrected chi connectivity index (χ1v) is 12.2. The second-order valence-electron chi connectivity index (χ2n) is 9.17. The number of nitrogens with zero attached hydrogens (tertiary/aromatic N) is 2. The number of benzene rings is 1. The zero-order valence-electron chi connectivity index (χ0n) is 20.6. The molecule has 10 nitrogen and oxygen atoms in total. The van der Waals surface area contributed by atoms with E-state index in [1.807, 2.05) is 30.3 Å². The second-order valence-corrected chi connectivity index (χ2v) is 9.17. The topological polar surface area (TPSA) is 128 Å². The molecule has 35 heavy (non-hydrogen) atoms. The lowest BCUT2D eigenvalue weighted by Gasteiger charge is -2.39. The molecular weight excluding hydrogens is 452 g/mol. The number of aliphatic carboxylic acids is 1. The number of rotatable bonds is 9. The highest BCUT2D eigenvalue weighted by molar-refractivity contribution is 5.88. The smallest absolute Gasteiger partial charge is 0.326 e. The Morgan fingerprint density at radius 1 is 1.20 bits per heavy atom. The maximum Gasteiger partial charge on any atom is 0.326 e. The van der Waals surface area contributed by atoms with Crippen molar-refractivity contribution in [2.24, 2.45) is 5.92 Å². The summed E-state index contributed by atoms with van der Waals surface area (Å²) in [5.41, 5.74) is 1.06. The van der Waals surface area contributed by atoms with E-state index >= 15 is 0 Å². The molecule has 3 rings (SSSR count). The normalized spacial score (nSPS) is 23.2. The number of aryl methyl sites for hydroxylation is 1. The Morgan fingerprint density at radius 3 is 2.54 bits per heavy atom. The van der Waals surface area contributed by atoms with Gasteiger partial charge in [-0.25, -0.2) is 9.59 Å². The Balaban J connectivity index is 1.74. The van der Waals surface area contributed by atoms with E-state index in [4.69, 9.17) is 4.74 Å². The minimum Gasteiger partial charge on any atom is -0.480 e. The average molecular weight is 489 g/mol. The quantitative estimate of drug-likeness (QED) is 0.446. The standard InChI is InChI=1S/C25H36N4O6/c1-4-35-24(33)19(11-10-17-8-6-5-7-9-17)27-16(2)22(30)29-20(23(31)32)14-18-12-13-28(15-21(18)29)25(34)26-3/h5-9,16,18-21,27H,4,10-15H2,1-3H3,(H,26,34)(H,31,32)/t16-,18?,19?,20?,21?/m0/s1. The number of urea groups is 1. The predicted molar refractivity (Wildman–Crippen MR) is 129 cm³/mol. The Kier molecular flexibility index (Phi) is 9.08. The summed E-state index contributed by atoms with van der Waals surface area (Å²) in [5.74, 6) is -1.89. The third-order valence-corrected chi connectivity index (χ3v) is 6.94. The number of carbonyl (C=O) groups excluding carboxylic acids is 3. The predicted octanol–water partition coefficient (Wildman–Crippen LogP) is 1.24. The number of ether oxygens (including phenoxy) is 1. The minimum absolute atomic E-state index is 0.00657. The van der Waals surface area contributed by atoms with Crippen LogP contribution in [0.3, 0.4) is 0 Å². The molecule has 0 aliphatic carbocycles. The van der Waals surface area contributed by atoms with E-state index in [-0.39, 0.29) is 31.1 Å². The van der Waals surface area contributed by atoms with Crippen molar-refractivity contribution < 1.29 is 29.0 Å². The van der Waals surface area contributed by atoms with Gasteiger partial charge in [0.15, 0.2) is 0 Å². The van der Waals surface area contributed by atoms with E-state index in [9.17, 15) is 24.3 Å². The number of carboxylic acid groups (broad SMARTS) is 1. The lowest BCUT2D eigenvalue weighted by atomic mass is 9.91. The Bertz CT molecular complexity index is 910. The molecule has 1 aromatic rings. The molecule has 4 unspecified atom stereocenters. The van der Waals surface area contributed by atoms with Crippen LogP contribution in [0.2, 0.25) is 0 Å². The number of likely N-dealkylation sites (tertiary alicyclic amines) is 2. The fourth-order valence-corrected chi connectivity index (χ4v) is 5.15. The fraction of sp³-hybridized carbons (Fsp3) is 0.600. The largest absolute Gasteiger partial charge is 0.480 e. The summed E-state index contributed by atoms with van der Waals surface area (Å²) >= 11 is 0. The molecule has 192 valence electrons. The number of piperidine rings is 1. The highest BCUT2D eigenvalue weighted by Crippen LogP contribution is 2.36. The van der Waals surface area contributed by atoms with Gasteiger partial charge in [0.25, 0.3) is 0 Å². The van der Waals surface area contributed by atoms with Gasteiger partial charge in [-0.05, 0) is 51.0 Å². The summed E-state index contributed by atoms with van der Waals surface area (Å²) < 4.78 is 5.23. The van der Waals surface area contributed by atoms with Crippen molar-refractivity contribution in [3.05, 3.63) is 35.9 Å². The summed E-state index contributed by atoms with van der Waals surface area (Å²) in [6.45, 7) is 4.39. The van der Waals surface area contributed by atoms with Crippen LogP contribution < -0.4 is 10.6 Å². The molecule has 0 saturated carbocycles. The highest BCUT2D eigenvalue weighted by atomic mass is 16.5. The van der Waals surface area contributed by atoms with Crippen molar-refractivity contribution in [1.29, 1.82) is 0 Å². The van der Waals surface area contributed by atoms with Crippen molar-refractivity contribution in [1.82, 2.24) is 20.4 Å². The van der Waals surface area contributed by atoms with E-state index in [2.05, 4.69) is 10.6 Å². The van der Waals surface area contributed by atoms with Crippen LogP contribution in [0.5, 0.6) is 0 Å². The van der Waals surface area contributed by atoms with E-state index in [1.165, 1.54) is 4.90 Å². The molecule has 0 bridgehead atoms. The van der Waals surface area contributed by atoms with Crippen LogP contribution >= 0.6 is 0 Å². The molecule has 3 amide bonds. The number of esters is 1. The summed E-state index contributed by atoms with van der Waals surface area (Å²) in [6.07, 6.45) is 2.04. The van der Waals surface area contributed by atoms with Crippen LogP contribution in [0.1, 0.15) is 38.7 Å². The number of hydrogen-bond acceptors (Lipinski definition) is 6. The second kappa shape index (κ2) is 12.0. The molecule has 2 aliphatic rings.